The average molecular weight is 361 g/mol. The van der Waals surface area contributed by atoms with Gasteiger partial charge in [-0.1, -0.05) is 23.7 Å². The highest BCUT2D eigenvalue weighted by atomic mass is 35.5. The molecule has 0 radical (unpaired) electrons. The van der Waals surface area contributed by atoms with Gasteiger partial charge in [-0.2, -0.15) is 5.26 Å². The highest BCUT2D eigenvalue weighted by molar-refractivity contribution is 6.32. The van der Waals surface area contributed by atoms with E-state index in [0.717, 1.165) is 0 Å². The third kappa shape index (κ3) is 4.28. The Morgan fingerprint density at radius 1 is 1.28 bits per heavy atom. The number of carbonyl (C=O) groups excluding carboxylic acids is 1. The molecule has 0 unspecified atom stereocenters. The van der Waals surface area contributed by atoms with Crippen LogP contribution in [0.2, 0.25) is 5.02 Å². The lowest BCUT2D eigenvalue weighted by Crippen LogP contribution is -2.14. The highest BCUT2D eigenvalue weighted by Gasteiger charge is 2.14. The van der Waals surface area contributed by atoms with Crippen LogP contribution in [-0.4, -0.2) is 20.1 Å². The number of nitrogens with zero attached hydrogens (tertiary/aromatic N) is 1. The Bertz CT molecular complexity index is 875. The number of carbonyl (C=O) groups is 1. The molecule has 0 aliphatic carbocycles. The van der Waals surface area contributed by atoms with Crippen molar-refractivity contribution in [3.05, 3.63) is 58.4 Å². The Kier molecular flexibility index (Phi) is 5.98. The van der Waals surface area contributed by atoms with Crippen LogP contribution in [0.5, 0.6) is 11.5 Å². The minimum atomic E-state index is -0.737. The average Bonchev–Trinajstić information content (AvgIpc) is 2.60. The van der Waals surface area contributed by atoms with Gasteiger partial charge < -0.3 is 14.8 Å². The maximum atomic E-state index is 13.6. The minimum Gasteiger partial charge on any atom is -0.493 e. The second-order valence-electron chi connectivity index (χ2n) is 4.84. The van der Waals surface area contributed by atoms with Crippen molar-refractivity contribution in [1.82, 2.24) is 0 Å². The second-order valence-corrected chi connectivity index (χ2v) is 5.25. The second kappa shape index (κ2) is 8.18. The summed E-state index contributed by atoms with van der Waals surface area (Å²) in [5, 5.41) is 11.9. The molecule has 0 aliphatic rings. The summed E-state index contributed by atoms with van der Waals surface area (Å²) in [6.07, 6.45) is 1.32. The number of rotatable bonds is 5. The number of nitrogens with one attached hydrogen (secondary N) is 1. The Labute approximate surface area is 149 Å². The van der Waals surface area contributed by atoms with Crippen molar-refractivity contribution in [1.29, 1.82) is 5.26 Å². The van der Waals surface area contributed by atoms with Crippen LogP contribution in [0.15, 0.2) is 42.0 Å². The van der Waals surface area contributed by atoms with Crippen LogP contribution in [-0.2, 0) is 4.79 Å². The molecule has 1 N–H and O–H groups in total. The Hall–Kier alpha value is -3.04. The van der Waals surface area contributed by atoms with Crippen molar-refractivity contribution >= 4 is 29.3 Å². The molecule has 0 atom stereocenters. The number of halogens is 2. The Morgan fingerprint density at radius 2 is 2.00 bits per heavy atom. The number of methoxy groups -OCH3 is 2. The smallest absolute Gasteiger partial charge is 0.266 e. The fourth-order valence-corrected chi connectivity index (χ4v) is 2.38. The number of ether oxygens (including phenoxy) is 2. The number of hydrogen-bond donors (Lipinski definition) is 1. The first-order valence-electron chi connectivity index (χ1n) is 7.09. The van der Waals surface area contributed by atoms with Crippen molar-refractivity contribution < 1.29 is 18.7 Å². The van der Waals surface area contributed by atoms with E-state index in [0.29, 0.717) is 17.1 Å². The molecule has 0 saturated heterocycles. The number of hydrogen-bond acceptors (Lipinski definition) is 4. The summed E-state index contributed by atoms with van der Waals surface area (Å²) < 4.78 is 23.9. The van der Waals surface area contributed by atoms with E-state index in [1.807, 2.05) is 0 Å². The van der Waals surface area contributed by atoms with Gasteiger partial charge in [-0.15, -0.1) is 0 Å². The van der Waals surface area contributed by atoms with Crippen molar-refractivity contribution in [2.45, 2.75) is 0 Å². The van der Waals surface area contributed by atoms with Crippen LogP contribution in [0.1, 0.15) is 5.56 Å². The molecule has 2 aromatic carbocycles. The molecule has 128 valence electrons. The topological polar surface area (TPSA) is 71.3 Å². The quantitative estimate of drug-likeness (QED) is 0.645. The molecular formula is C18H14ClFN2O3. The van der Waals surface area contributed by atoms with Gasteiger partial charge in [-0.25, -0.2) is 4.39 Å². The van der Waals surface area contributed by atoms with Crippen molar-refractivity contribution in [2.75, 3.05) is 19.5 Å². The summed E-state index contributed by atoms with van der Waals surface area (Å²) in [6, 6.07) is 10.6. The van der Waals surface area contributed by atoms with E-state index < -0.39 is 11.7 Å². The SMILES string of the molecule is COc1cc(/C=C(\C#N)C(=O)Nc2ccccc2F)cc(Cl)c1OC. The fraction of sp³-hybridized carbons (Fsp3) is 0.111. The first kappa shape index (κ1) is 18.3. The third-order valence-corrected chi connectivity index (χ3v) is 3.53. The van der Waals surface area contributed by atoms with E-state index in [-0.39, 0.29) is 16.3 Å². The van der Waals surface area contributed by atoms with Crippen LogP contribution in [0.4, 0.5) is 10.1 Å². The molecular weight excluding hydrogens is 347 g/mol. The molecule has 0 aromatic heterocycles. The summed E-state index contributed by atoms with van der Waals surface area (Å²) in [5.41, 5.74) is 0.230. The highest BCUT2D eigenvalue weighted by Crippen LogP contribution is 2.36. The van der Waals surface area contributed by atoms with Crippen molar-refractivity contribution in [2.24, 2.45) is 0 Å². The summed E-state index contributed by atoms with van der Waals surface area (Å²) >= 11 is 6.10. The van der Waals surface area contributed by atoms with E-state index in [4.69, 9.17) is 21.1 Å². The van der Waals surface area contributed by atoms with Crippen molar-refractivity contribution in [3.63, 3.8) is 0 Å². The summed E-state index contributed by atoms with van der Waals surface area (Å²) in [7, 11) is 2.89. The number of benzene rings is 2. The van der Waals surface area contributed by atoms with Crippen LogP contribution in [0, 0.1) is 17.1 Å². The van der Waals surface area contributed by atoms with Crippen LogP contribution in [0.25, 0.3) is 6.08 Å². The molecule has 0 aliphatic heterocycles. The summed E-state index contributed by atoms with van der Waals surface area (Å²) in [5.74, 6) is -0.635. The maximum Gasteiger partial charge on any atom is 0.266 e. The van der Waals surface area contributed by atoms with Gasteiger partial charge in [0.15, 0.2) is 11.5 Å². The third-order valence-electron chi connectivity index (χ3n) is 3.25. The van der Waals surface area contributed by atoms with Gasteiger partial charge in [0.2, 0.25) is 0 Å². The predicted octanol–water partition coefficient (Wildman–Crippen LogP) is 4.04. The fourth-order valence-electron chi connectivity index (χ4n) is 2.09. The van der Waals surface area contributed by atoms with Gasteiger partial charge in [-0.3, -0.25) is 4.79 Å². The Morgan fingerprint density at radius 3 is 2.60 bits per heavy atom. The van der Waals surface area contributed by atoms with Gasteiger partial charge in [0, 0.05) is 0 Å². The number of para-hydroxylation sites is 1. The molecule has 25 heavy (non-hydrogen) atoms. The first-order chi connectivity index (χ1) is 12.0. The number of nitriles is 1. The van der Waals surface area contributed by atoms with Gasteiger partial charge in [0.25, 0.3) is 5.91 Å². The standard InChI is InChI=1S/C18H14ClFN2O3/c1-24-16-9-11(8-13(19)17(16)25-2)7-12(10-21)18(23)22-15-6-4-3-5-14(15)20/h3-9H,1-2H3,(H,22,23)/b12-7+. The molecule has 5 nitrogen and oxygen atoms in total. The minimum absolute atomic E-state index is 0.0148. The summed E-state index contributed by atoms with van der Waals surface area (Å²) in [6.45, 7) is 0. The molecule has 2 aromatic rings. The normalized spacial score (nSPS) is 10.8. The van der Waals surface area contributed by atoms with E-state index >= 15 is 0 Å². The van der Waals surface area contributed by atoms with Gasteiger partial charge >= 0.3 is 0 Å². The molecule has 0 heterocycles. The zero-order valence-electron chi connectivity index (χ0n) is 13.5. The predicted molar refractivity (Wildman–Crippen MR) is 93.2 cm³/mol. The zero-order valence-corrected chi connectivity index (χ0v) is 14.2. The molecule has 0 saturated carbocycles. The van der Waals surface area contributed by atoms with Gasteiger partial charge in [0.05, 0.1) is 24.9 Å². The van der Waals surface area contributed by atoms with Gasteiger partial charge in [-0.05, 0) is 35.9 Å². The lowest BCUT2D eigenvalue weighted by molar-refractivity contribution is -0.112. The van der Waals surface area contributed by atoms with Crippen LogP contribution >= 0.6 is 11.6 Å². The lowest BCUT2D eigenvalue weighted by atomic mass is 10.1. The van der Waals surface area contributed by atoms with E-state index in [2.05, 4.69) is 5.32 Å². The van der Waals surface area contributed by atoms with Crippen LogP contribution in [0.3, 0.4) is 0 Å². The number of amides is 1. The monoisotopic (exact) mass is 360 g/mol. The molecule has 2 rings (SSSR count). The zero-order chi connectivity index (χ0) is 18.4. The summed E-state index contributed by atoms with van der Waals surface area (Å²) in [4.78, 5) is 12.2. The maximum absolute atomic E-state index is 13.6. The molecule has 1 amide bonds. The number of anilines is 1. The molecule has 0 fully saturated rings. The first-order valence-corrected chi connectivity index (χ1v) is 7.47. The van der Waals surface area contributed by atoms with Crippen molar-refractivity contribution in [3.8, 4) is 17.6 Å². The van der Waals surface area contributed by atoms with Gasteiger partial charge in [0.1, 0.15) is 17.5 Å². The Balaban J connectivity index is 2.34. The molecule has 7 heteroatoms. The largest absolute Gasteiger partial charge is 0.493 e. The molecule has 0 spiro atoms. The van der Waals surface area contributed by atoms with E-state index in [9.17, 15) is 14.4 Å². The lowest BCUT2D eigenvalue weighted by Gasteiger charge is -2.10. The van der Waals surface area contributed by atoms with E-state index in [1.165, 1.54) is 44.6 Å². The molecule has 0 bridgehead atoms. The van der Waals surface area contributed by atoms with E-state index in [1.54, 1.807) is 18.2 Å². The van der Waals surface area contributed by atoms with Crippen LogP contribution < -0.4 is 14.8 Å².